The highest BCUT2D eigenvalue weighted by molar-refractivity contribution is 7.99. The Kier molecular flexibility index (Phi) is 5.19. The minimum atomic E-state index is -3.74. The standard InChI is InChI=1S/C13H16ClNO4S2/c1-20-12-4-2-3-11(12)15-21(18,19)8-5-6-10(14)9(7-8)13(16)17/h5-7,11-12,15H,2-4H2,1H3,(H,16,17). The summed E-state index contributed by atoms with van der Waals surface area (Å²) in [7, 11) is -3.74. The number of hydrogen-bond acceptors (Lipinski definition) is 4. The minimum Gasteiger partial charge on any atom is -0.478 e. The molecule has 1 aromatic carbocycles. The first-order chi connectivity index (χ1) is 9.85. The summed E-state index contributed by atoms with van der Waals surface area (Å²) in [6.07, 6.45) is 4.72. The van der Waals surface area contributed by atoms with Crippen LogP contribution in [0.25, 0.3) is 0 Å². The number of nitrogens with one attached hydrogen (secondary N) is 1. The lowest BCUT2D eigenvalue weighted by Crippen LogP contribution is -2.38. The molecule has 2 unspecified atom stereocenters. The highest BCUT2D eigenvalue weighted by atomic mass is 35.5. The maximum Gasteiger partial charge on any atom is 0.337 e. The van der Waals surface area contributed by atoms with E-state index in [0.717, 1.165) is 25.3 Å². The number of rotatable bonds is 5. The normalized spacial score (nSPS) is 22.4. The lowest BCUT2D eigenvalue weighted by Gasteiger charge is -2.19. The Hall–Kier alpha value is -0.760. The molecular formula is C13H16ClNO4S2. The number of sulfonamides is 1. The van der Waals surface area contributed by atoms with Gasteiger partial charge in [-0.15, -0.1) is 0 Å². The third-order valence-electron chi connectivity index (χ3n) is 3.54. The Morgan fingerprint density at radius 2 is 2.14 bits per heavy atom. The maximum absolute atomic E-state index is 12.4. The van der Waals surface area contributed by atoms with Crippen LogP contribution in [-0.4, -0.2) is 37.0 Å². The van der Waals surface area contributed by atoms with Crippen molar-refractivity contribution < 1.29 is 18.3 Å². The number of carboxylic acid groups (broad SMARTS) is 1. The largest absolute Gasteiger partial charge is 0.478 e. The SMILES string of the molecule is CSC1CCCC1NS(=O)(=O)c1ccc(Cl)c(C(=O)O)c1. The fourth-order valence-electron chi connectivity index (χ4n) is 2.45. The van der Waals surface area contributed by atoms with Crippen LogP contribution >= 0.6 is 23.4 Å². The van der Waals surface area contributed by atoms with Gasteiger partial charge in [-0.2, -0.15) is 11.8 Å². The first kappa shape index (κ1) is 16.6. The fourth-order valence-corrected chi connectivity index (χ4v) is 5.00. The molecule has 0 aliphatic heterocycles. The molecule has 1 fully saturated rings. The van der Waals surface area contributed by atoms with Gasteiger partial charge in [-0.1, -0.05) is 18.0 Å². The summed E-state index contributed by atoms with van der Waals surface area (Å²) in [5.74, 6) is -1.25. The monoisotopic (exact) mass is 349 g/mol. The van der Waals surface area contributed by atoms with Gasteiger partial charge in [0.05, 0.1) is 15.5 Å². The molecule has 21 heavy (non-hydrogen) atoms. The predicted octanol–water partition coefficient (Wildman–Crippen LogP) is 2.60. The Morgan fingerprint density at radius 1 is 1.43 bits per heavy atom. The molecule has 5 nitrogen and oxygen atoms in total. The molecule has 1 aliphatic rings. The molecule has 0 bridgehead atoms. The molecule has 0 saturated heterocycles. The quantitative estimate of drug-likeness (QED) is 0.853. The molecule has 1 aliphatic carbocycles. The molecule has 2 N–H and O–H groups in total. The summed E-state index contributed by atoms with van der Waals surface area (Å²) in [5, 5.41) is 9.29. The van der Waals surface area contributed by atoms with Gasteiger partial charge in [0.15, 0.2) is 0 Å². The zero-order valence-corrected chi connectivity index (χ0v) is 13.8. The third kappa shape index (κ3) is 3.71. The molecule has 0 amide bonds. The van der Waals surface area contributed by atoms with Crippen LogP contribution in [0.1, 0.15) is 29.6 Å². The number of aromatic carboxylic acids is 1. The molecule has 0 heterocycles. The van der Waals surface area contributed by atoms with Crippen LogP contribution in [0.2, 0.25) is 5.02 Å². The summed E-state index contributed by atoms with van der Waals surface area (Å²) in [4.78, 5) is 11.0. The lowest BCUT2D eigenvalue weighted by atomic mass is 10.2. The maximum atomic E-state index is 12.4. The number of benzene rings is 1. The van der Waals surface area contributed by atoms with Crippen LogP contribution in [0, 0.1) is 0 Å². The highest BCUT2D eigenvalue weighted by Crippen LogP contribution is 2.30. The van der Waals surface area contributed by atoms with Crippen molar-refractivity contribution in [3.05, 3.63) is 28.8 Å². The minimum absolute atomic E-state index is 0.0179. The number of halogens is 1. The van der Waals surface area contributed by atoms with Crippen LogP contribution in [0.5, 0.6) is 0 Å². The first-order valence-corrected chi connectivity index (χ1v) is 9.58. The van der Waals surface area contributed by atoms with E-state index in [-0.39, 0.29) is 26.8 Å². The second-order valence-electron chi connectivity index (χ2n) is 4.88. The number of hydrogen-bond donors (Lipinski definition) is 2. The molecular weight excluding hydrogens is 334 g/mol. The predicted molar refractivity (Wildman–Crippen MR) is 83.7 cm³/mol. The molecule has 1 saturated carbocycles. The van der Waals surface area contributed by atoms with E-state index >= 15 is 0 Å². The molecule has 0 spiro atoms. The van der Waals surface area contributed by atoms with Crippen molar-refractivity contribution in [3.63, 3.8) is 0 Å². The van der Waals surface area contributed by atoms with Gasteiger partial charge in [-0.25, -0.2) is 17.9 Å². The molecule has 0 aromatic heterocycles. The molecule has 0 radical (unpaired) electrons. The van der Waals surface area contributed by atoms with E-state index in [9.17, 15) is 13.2 Å². The Morgan fingerprint density at radius 3 is 2.76 bits per heavy atom. The molecule has 116 valence electrons. The second kappa shape index (κ2) is 6.56. The zero-order valence-electron chi connectivity index (χ0n) is 11.4. The van der Waals surface area contributed by atoms with Crippen LogP contribution in [-0.2, 0) is 10.0 Å². The van der Waals surface area contributed by atoms with Crippen molar-refractivity contribution >= 4 is 39.4 Å². The fraction of sp³-hybridized carbons (Fsp3) is 0.462. The number of carboxylic acids is 1. The van der Waals surface area contributed by atoms with Gasteiger partial charge < -0.3 is 5.11 Å². The smallest absolute Gasteiger partial charge is 0.337 e. The lowest BCUT2D eigenvalue weighted by molar-refractivity contribution is 0.0697. The van der Waals surface area contributed by atoms with Crippen LogP contribution < -0.4 is 4.72 Å². The summed E-state index contributed by atoms with van der Waals surface area (Å²) >= 11 is 7.40. The van der Waals surface area contributed by atoms with Gasteiger partial charge in [0.25, 0.3) is 0 Å². The summed E-state index contributed by atoms with van der Waals surface area (Å²) in [5.41, 5.74) is -0.215. The van der Waals surface area contributed by atoms with Gasteiger partial charge in [-0.3, -0.25) is 0 Å². The summed E-state index contributed by atoms with van der Waals surface area (Å²) < 4.78 is 27.4. The van der Waals surface area contributed by atoms with E-state index in [2.05, 4.69) is 4.72 Å². The van der Waals surface area contributed by atoms with Crippen molar-refractivity contribution in [2.75, 3.05) is 6.26 Å². The number of thioether (sulfide) groups is 1. The van der Waals surface area contributed by atoms with Crippen LogP contribution in [0.4, 0.5) is 0 Å². The highest BCUT2D eigenvalue weighted by Gasteiger charge is 2.31. The Bertz CT molecular complexity index is 648. The van der Waals surface area contributed by atoms with E-state index in [1.807, 2.05) is 6.26 Å². The molecule has 2 atom stereocenters. The van der Waals surface area contributed by atoms with Gasteiger partial charge >= 0.3 is 5.97 Å². The topological polar surface area (TPSA) is 83.5 Å². The van der Waals surface area contributed by atoms with Crippen LogP contribution in [0.15, 0.2) is 23.1 Å². The first-order valence-electron chi connectivity index (χ1n) is 6.43. The third-order valence-corrected chi connectivity index (χ3v) is 6.53. The Labute approximate surface area is 133 Å². The average Bonchev–Trinajstić information content (AvgIpc) is 2.85. The van der Waals surface area contributed by atoms with E-state index < -0.39 is 16.0 Å². The molecule has 8 heteroatoms. The van der Waals surface area contributed by atoms with E-state index in [1.165, 1.54) is 12.1 Å². The van der Waals surface area contributed by atoms with Crippen molar-refractivity contribution in [1.82, 2.24) is 4.72 Å². The summed E-state index contributed by atoms with van der Waals surface area (Å²) in [6, 6.07) is 3.59. The van der Waals surface area contributed by atoms with Gasteiger partial charge in [0, 0.05) is 11.3 Å². The van der Waals surface area contributed by atoms with E-state index in [1.54, 1.807) is 11.8 Å². The molecule has 1 aromatic rings. The molecule has 2 rings (SSSR count). The average molecular weight is 350 g/mol. The van der Waals surface area contributed by atoms with E-state index in [0.29, 0.717) is 0 Å². The van der Waals surface area contributed by atoms with Crippen molar-refractivity contribution in [2.45, 2.75) is 35.4 Å². The van der Waals surface area contributed by atoms with Crippen LogP contribution in [0.3, 0.4) is 0 Å². The Balaban J connectivity index is 2.27. The zero-order chi connectivity index (χ0) is 15.6. The second-order valence-corrected chi connectivity index (χ2v) is 8.08. The van der Waals surface area contributed by atoms with Gasteiger partial charge in [0.1, 0.15) is 0 Å². The van der Waals surface area contributed by atoms with Gasteiger partial charge in [-0.05, 0) is 37.3 Å². The van der Waals surface area contributed by atoms with Crippen molar-refractivity contribution in [1.29, 1.82) is 0 Å². The van der Waals surface area contributed by atoms with Crippen molar-refractivity contribution in [3.8, 4) is 0 Å². The number of carbonyl (C=O) groups is 1. The summed E-state index contributed by atoms with van der Waals surface area (Å²) in [6.45, 7) is 0. The van der Waals surface area contributed by atoms with E-state index in [4.69, 9.17) is 16.7 Å². The van der Waals surface area contributed by atoms with Gasteiger partial charge in [0.2, 0.25) is 10.0 Å². The van der Waals surface area contributed by atoms with Crippen molar-refractivity contribution in [2.24, 2.45) is 0 Å².